The van der Waals surface area contributed by atoms with Crippen LogP contribution in [-0.2, 0) is 49.3 Å². The Bertz CT molecular complexity index is 1280. The van der Waals surface area contributed by atoms with Crippen molar-refractivity contribution >= 4 is 29.4 Å². The van der Waals surface area contributed by atoms with Crippen LogP contribution in [0.2, 0.25) is 0 Å². The van der Waals surface area contributed by atoms with Gasteiger partial charge in [-0.25, -0.2) is 0 Å². The molecule has 2 aliphatic rings. The van der Waals surface area contributed by atoms with Gasteiger partial charge in [0.2, 0.25) is 23.6 Å². The average molecular weight is 720 g/mol. The molecule has 1 aromatic rings. The number of alkyl halides is 4. The molecule has 3 rings (SSSR count). The van der Waals surface area contributed by atoms with E-state index in [1.807, 2.05) is 4.90 Å². The number of halogens is 4. The van der Waals surface area contributed by atoms with Crippen LogP contribution in [0.5, 0.6) is 0 Å². The average Bonchev–Trinajstić information content (AvgIpc) is 3.82. The van der Waals surface area contributed by atoms with Crippen molar-refractivity contribution in [2.45, 2.75) is 76.6 Å². The molecule has 1 aromatic carbocycles. The maximum atomic E-state index is 13.4. The van der Waals surface area contributed by atoms with Crippen LogP contribution in [0.4, 0.5) is 17.6 Å². The van der Waals surface area contributed by atoms with Crippen molar-refractivity contribution in [3.63, 3.8) is 0 Å². The molecule has 2 aliphatic heterocycles. The first-order valence-corrected chi connectivity index (χ1v) is 16.2. The van der Waals surface area contributed by atoms with Crippen molar-refractivity contribution in [1.29, 1.82) is 0 Å². The maximum absolute atomic E-state index is 13.4. The van der Waals surface area contributed by atoms with Crippen LogP contribution in [0.3, 0.4) is 0 Å². The van der Waals surface area contributed by atoms with Crippen molar-refractivity contribution in [1.82, 2.24) is 26.2 Å². The van der Waals surface area contributed by atoms with Gasteiger partial charge in [0.05, 0.1) is 45.6 Å². The lowest BCUT2D eigenvalue weighted by Gasteiger charge is -2.28. The van der Waals surface area contributed by atoms with Crippen LogP contribution < -0.4 is 21.3 Å². The summed E-state index contributed by atoms with van der Waals surface area (Å²) in [7, 11) is 0. The molecule has 0 aliphatic carbocycles. The Hall–Kier alpha value is -3.71. The zero-order valence-corrected chi connectivity index (χ0v) is 28.1. The number of epoxide rings is 1. The van der Waals surface area contributed by atoms with Crippen LogP contribution in [0.15, 0.2) is 30.3 Å². The van der Waals surface area contributed by atoms with Crippen molar-refractivity contribution in [2.24, 2.45) is 5.92 Å². The number of hydrogen-bond acceptors (Lipinski definition) is 10. The van der Waals surface area contributed by atoms with Crippen LogP contribution in [0.25, 0.3) is 0 Å². The molecule has 2 fully saturated rings. The monoisotopic (exact) mass is 719 g/mol. The fourth-order valence-electron chi connectivity index (χ4n) is 5.10. The summed E-state index contributed by atoms with van der Waals surface area (Å²) in [6, 6.07) is 2.43. The minimum Gasteiger partial charge on any atom is -0.379 e. The lowest BCUT2D eigenvalue weighted by atomic mass is 9.94. The number of nitrogens with zero attached hydrogens (tertiary/aromatic N) is 1. The second-order valence-corrected chi connectivity index (χ2v) is 12.6. The van der Waals surface area contributed by atoms with Crippen molar-refractivity contribution in [2.75, 3.05) is 52.7 Å². The lowest BCUT2D eigenvalue weighted by molar-refractivity contribution is -0.154. The number of ether oxygens (including phenoxy) is 4. The number of carbonyl (C=O) groups excluding carboxylic acids is 5. The molecule has 50 heavy (non-hydrogen) atoms. The van der Waals surface area contributed by atoms with E-state index in [4.69, 9.17) is 9.47 Å². The van der Waals surface area contributed by atoms with Gasteiger partial charge in [-0.15, -0.1) is 0 Å². The second-order valence-electron chi connectivity index (χ2n) is 12.6. The van der Waals surface area contributed by atoms with E-state index in [0.29, 0.717) is 31.9 Å². The zero-order valence-electron chi connectivity index (χ0n) is 28.1. The molecule has 2 heterocycles. The summed E-state index contributed by atoms with van der Waals surface area (Å²) in [6.45, 7) is -1.90. The molecule has 0 saturated carbocycles. The molecular weight excluding hydrogens is 674 g/mol. The highest BCUT2D eigenvalue weighted by Gasteiger charge is 2.50. The second kappa shape index (κ2) is 19.6. The first-order valence-electron chi connectivity index (χ1n) is 16.2. The Morgan fingerprint density at radius 3 is 1.78 bits per heavy atom. The highest BCUT2D eigenvalue weighted by molar-refractivity contribution is 5.99. The van der Waals surface area contributed by atoms with Gasteiger partial charge in [0.25, 0.3) is 0 Å². The third kappa shape index (κ3) is 13.9. The largest absolute Gasteiger partial charge is 0.379 e. The van der Waals surface area contributed by atoms with Crippen LogP contribution in [0, 0.1) is 5.92 Å². The van der Waals surface area contributed by atoms with Crippen LogP contribution >= 0.6 is 0 Å². The van der Waals surface area contributed by atoms with Crippen LogP contribution in [-0.4, -0.2) is 130 Å². The van der Waals surface area contributed by atoms with Gasteiger partial charge >= 0.3 is 13.2 Å². The molecule has 0 spiro atoms. The maximum Gasteiger partial charge on any atom is 0.345 e. The number of Topliss-reactive ketones (excluding diaryl/α,β-unsaturated/α-hetero) is 1. The van der Waals surface area contributed by atoms with Crippen molar-refractivity contribution in [3.05, 3.63) is 35.9 Å². The van der Waals surface area contributed by atoms with Gasteiger partial charge in [0.1, 0.15) is 23.7 Å². The van der Waals surface area contributed by atoms with E-state index in [2.05, 4.69) is 30.7 Å². The van der Waals surface area contributed by atoms with Gasteiger partial charge in [0.15, 0.2) is 5.78 Å². The number of morpholine rings is 1. The highest BCUT2D eigenvalue weighted by atomic mass is 19.3. The molecule has 14 nitrogen and oxygen atoms in total. The number of amides is 4. The van der Waals surface area contributed by atoms with E-state index in [1.165, 1.54) is 6.92 Å². The lowest BCUT2D eigenvalue weighted by Crippen LogP contribution is -2.60. The Morgan fingerprint density at radius 1 is 0.800 bits per heavy atom. The van der Waals surface area contributed by atoms with E-state index < -0.39 is 85.6 Å². The number of nitrogens with one attached hydrogen (secondary N) is 4. The standard InChI is InChI=1S/C32H45F4N5O9/c1-19(2)13-22(37-25(42)15-41-9-11-47-12-10-41)27(44)39-24(17-49-31(35)36)29(46)40-23(16-48-30(33)34)28(45)38-21(26(43)32(3)18-50-32)14-20-7-5-4-6-8-20/h4-8,19,21-24,30-31H,9-18H2,1-3H3,(H,37,42)(H,38,45)(H,39,44)(H,40,46)/t21-,22-,23-,24-,32-/m0/s1. The number of ketones is 1. The molecule has 280 valence electrons. The Kier molecular flexibility index (Phi) is 16.0. The van der Waals surface area contributed by atoms with Gasteiger partial charge in [-0.3, -0.25) is 28.9 Å². The summed E-state index contributed by atoms with van der Waals surface area (Å²) < 4.78 is 71.4. The summed E-state index contributed by atoms with van der Waals surface area (Å²) in [6.07, 6.45) is 0.105. The first kappa shape index (κ1) is 40.7. The van der Waals surface area contributed by atoms with E-state index >= 15 is 0 Å². The minimum absolute atomic E-state index is 0.00383. The smallest absolute Gasteiger partial charge is 0.345 e. The summed E-state index contributed by atoms with van der Waals surface area (Å²) >= 11 is 0. The predicted octanol–water partition coefficient (Wildman–Crippen LogP) is 0.383. The van der Waals surface area contributed by atoms with Crippen molar-refractivity contribution in [3.8, 4) is 0 Å². The summed E-state index contributed by atoms with van der Waals surface area (Å²) in [5.74, 6) is -4.41. The summed E-state index contributed by atoms with van der Waals surface area (Å²) in [5.41, 5.74) is -0.531. The third-order valence-electron chi connectivity index (χ3n) is 7.89. The molecule has 2 saturated heterocycles. The Morgan fingerprint density at radius 2 is 1.30 bits per heavy atom. The van der Waals surface area contributed by atoms with Gasteiger partial charge in [-0.1, -0.05) is 44.2 Å². The number of rotatable bonds is 21. The first-order chi connectivity index (χ1) is 23.7. The predicted molar refractivity (Wildman–Crippen MR) is 168 cm³/mol. The van der Waals surface area contributed by atoms with E-state index in [-0.39, 0.29) is 31.9 Å². The molecule has 18 heteroatoms. The van der Waals surface area contributed by atoms with Gasteiger partial charge in [-0.2, -0.15) is 17.6 Å². The number of carbonyl (C=O) groups is 5. The van der Waals surface area contributed by atoms with Gasteiger partial charge < -0.3 is 40.2 Å². The third-order valence-corrected chi connectivity index (χ3v) is 7.89. The molecular formula is C32H45F4N5O9. The Labute approximate surface area is 287 Å². The van der Waals surface area contributed by atoms with E-state index in [1.54, 1.807) is 44.2 Å². The topological polar surface area (TPSA) is 177 Å². The van der Waals surface area contributed by atoms with E-state index in [9.17, 15) is 41.5 Å². The normalized spacial score (nSPS) is 20.1. The van der Waals surface area contributed by atoms with Gasteiger partial charge in [0, 0.05) is 13.1 Å². The molecule has 0 radical (unpaired) electrons. The Balaban J connectivity index is 1.76. The van der Waals surface area contributed by atoms with E-state index in [0.717, 1.165) is 0 Å². The molecule has 0 bridgehead atoms. The van der Waals surface area contributed by atoms with Gasteiger partial charge in [-0.05, 0) is 31.2 Å². The zero-order chi connectivity index (χ0) is 36.8. The quantitative estimate of drug-likeness (QED) is 0.103. The minimum atomic E-state index is -3.36. The number of benzene rings is 1. The van der Waals surface area contributed by atoms with Crippen molar-refractivity contribution < 1.29 is 60.5 Å². The highest BCUT2D eigenvalue weighted by Crippen LogP contribution is 2.29. The number of hydrogen-bond donors (Lipinski definition) is 4. The molecule has 5 atom stereocenters. The van der Waals surface area contributed by atoms with Crippen LogP contribution in [0.1, 0.15) is 32.8 Å². The SMILES string of the molecule is CC(C)C[C@H](NC(=O)CN1CCOCC1)C(=O)N[C@@H](COC(F)F)C(=O)N[C@@H](COC(F)F)C(=O)N[C@@H](Cc1ccccc1)C(=O)[C@]1(C)CO1. The summed E-state index contributed by atoms with van der Waals surface area (Å²) in [5, 5.41) is 9.47. The summed E-state index contributed by atoms with van der Waals surface area (Å²) in [4.78, 5) is 68.0. The fourth-order valence-corrected chi connectivity index (χ4v) is 5.10. The molecule has 0 unspecified atom stereocenters. The molecule has 4 amide bonds. The molecule has 4 N–H and O–H groups in total. The fraction of sp³-hybridized carbons (Fsp3) is 0.656. The molecule has 0 aromatic heterocycles.